The van der Waals surface area contributed by atoms with E-state index < -0.39 is 11.9 Å². The number of carbonyl (C=O) groups is 2. The molecule has 5 nitrogen and oxygen atoms in total. The summed E-state index contributed by atoms with van der Waals surface area (Å²) in [5, 5.41) is 5.96. The molecule has 0 aliphatic heterocycles. The van der Waals surface area contributed by atoms with E-state index in [0.717, 1.165) is 15.4 Å². The maximum Gasteiger partial charge on any atom is 0.350 e. The summed E-state index contributed by atoms with van der Waals surface area (Å²) in [7, 11) is 0. The Morgan fingerprint density at radius 3 is 2.77 bits per heavy atom. The molecule has 0 aliphatic carbocycles. The van der Waals surface area contributed by atoms with Gasteiger partial charge < -0.3 is 10.1 Å². The van der Waals surface area contributed by atoms with Gasteiger partial charge in [-0.1, -0.05) is 23.7 Å². The number of carbonyl (C=O) groups excluding carboxylic acids is 2. The molecule has 3 aromatic rings. The predicted molar refractivity (Wildman–Crippen MR) is 105 cm³/mol. The third-order valence-electron chi connectivity index (χ3n) is 3.59. The fourth-order valence-electron chi connectivity index (χ4n) is 2.22. The SMILES string of the molecule is Cc1nc(-c2cccs2)sc1C(=O)OCC(=O)Nc1cccc(Cl)c1C. The van der Waals surface area contributed by atoms with Crippen LogP contribution in [0.25, 0.3) is 9.88 Å². The number of esters is 1. The molecule has 3 rings (SSSR count). The van der Waals surface area contributed by atoms with E-state index in [1.807, 2.05) is 17.5 Å². The van der Waals surface area contributed by atoms with Gasteiger partial charge in [0.1, 0.15) is 9.88 Å². The molecule has 0 spiro atoms. The van der Waals surface area contributed by atoms with Crippen molar-refractivity contribution >= 4 is 51.8 Å². The Kier molecular flexibility index (Phi) is 5.70. The molecule has 0 radical (unpaired) electrons. The zero-order valence-electron chi connectivity index (χ0n) is 14.0. The number of hydrogen-bond acceptors (Lipinski definition) is 6. The summed E-state index contributed by atoms with van der Waals surface area (Å²) < 4.78 is 5.13. The van der Waals surface area contributed by atoms with Crippen molar-refractivity contribution in [3.05, 3.63) is 56.9 Å². The first-order valence-corrected chi connectivity index (χ1v) is 9.76. The first kappa shape index (κ1) is 18.6. The molecule has 1 N–H and O–H groups in total. The Balaban J connectivity index is 1.62. The molecule has 8 heteroatoms. The maximum atomic E-state index is 12.3. The molecule has 1 aromatic carbocycles. The molecule has 0 saturated heterocycles. The number of hydrogen-bond donors (Lipinski definition) is 1. The van der Waals surface area contributed by atoms with Gasteiger partial charge in [0.2, 0.25) is 0 Å². The Morgan fingerprint density at radius 2 is 2.04 bits per heavy atom. The molecule has 0 unspecified atom stereocenters. The van der Waals surface area contributed by atoms with Crippen molar-refractivity contribution in [1.82, 2.24) is 4.98 Å². The number of benzene rings is 1. The lowest BCUT2D eigenvalue weighted by Crippen LogP contribution is -2.21. The van der Waals surface area contributed by atoms with E-state index in [-0.39, 0.29) is 6.61 Å². The highest BCUT2D eigenvalue weighted by molar-refractivity contribution is 7.22. The molecular formula is C18H15ClN2O3S2. The van der Waals surface area contributed by atoms with Crippen LogP contribution in [0, 0.1) is 13.8 Å². The molecule has 0 bridgehead atoms. The van der Waals surface area contributed by atoms with Crippen LogP contribution in [-0.4, -0.2) is 23.5 Å². The van der Waals surface area contributed by atoms with Crippen molar-refractivity contribution in [2.24, 2.45) is 0 Å². The number of thiophene rings is 1. The lowest BCUT2D eigenvalue weighted by molar-refractivity contribution is -0.119. The minimum absolute atomic E-state index is 0.379. The Bertz CT molecular complexity index is 952. The van der Waals surface area contributed by atoms with Crippen molar-refractivity contribution in [1.29, 1.82) is 0 Å². The highest BCUT2D eigenvalue weighted by Gasteiger charge is 2.19. The van der Waals surface area contributed by atoms with E-state index >= 15 is 0 Å². The normalized spacial score (nSPS) is 10.6. The van der Waals surface area contributed by atoms with Crippen molar-refractivity contribution in [3.63, 3.8) is 0 Å². The van der Waals surface area contributed by atoms with E-state index in [9.17, 15) is 9.59 Å². The van der Waals surface area contributed by atoms with Crippen molar-refractivity contribution in [2.75, 3.05) is 11.9 Å². The quantitative estimate of drug-likeness (QED) is 0.609. The number of aromatic nitrogens is 1. The summed E-state index contributed by atoms with van der Waals surface area (Å²) >= 11 is 8.84. The van der Waals surface area contributed by atoms with Gasteiger partial charge >= 0.3 is 5.97 Å². The molecule has 0 aliphatic rings. The first-order chi connectivity index (χ1) is 12.5. The molecule has 0 saturated carbocycles. The number of aryl methyl sites for hydroxylation is 1. The van der Waals surface area contributed by atoms with Gasteiger partial charge in [0.05, 0.1) is 10.6 Å². The van der Waals surface area contributed by atoms with E-state index in [1.165, 1.54) is 11.3 Å². The molecule has 26 heavy (non-hydrogen) atoms. The van der Waals surface area contributed by atoms with Gasteiger partial charge in [-0.2, -0.15) is 0 Å². The molecule has 2 aromatic heterocycles. The van der Waals surface area contributed by atoms with Gasteiger partial charge in [-0.3, -0.25) is 4.79 Å². The first-order valence-electron chi connectivity index (χ1n) is 7.69. The fourth-order valence-corrected chi connectivity index (χ4v) is 4.15. The van der Waals surface area contributed by atoms with Crippen LogP contribution in [0.2, 0.25) is 5.02 Å². The number of ether oxygens (including phenoxy) is 1. The van der Waals surface area contributed by atoms with Gasteiger partial charge in [-0.25, -0.2) is 9.78 Å². The molecule has 0 atom stereocenters. The molecule has 0 fully saturated rings. The monoisotopic (exact) mass is 406 g/mol. The summed E-state index contributed by atoms with van der Waals surface area (Å²) in [5.41, 5.74) is 1.94. The molecule has 2 heterocycles. The third-order valence-corrected chi connectivity index (χ3v) is 6.18. The number of nitrogens with one attached hydrogen (secondary N) is 1. The smallest absolute Gasteiger partial charge is 0.350 e. The van der Waals surface area contributed by atoms with Crippen LogP contribution in [-0.2, 0) is 9.53 Å². The van der Waals surface area contributed by atoms with Crippen molar-refractivity contribution < 1.29 is 14.3 Å². The van der Waals surface area contributed by atoms with Gasteiger partial charge in [-0.05, 0) is 43.0 Å². The van der Waals surface area contributed by atoms with Crippen LogP contribution < -0.4 is 5.32 Å². The second kappa shape index (κ2) is 7.99. The summed E-state index contributed by atoms with van der Waals surface area (Å²) in [4.78, 5) is 30.1. The second-order valence-corrected chi connectivity index (χ2v) is 7.80. The molecule has 1 amide bonds. The highest BCUT2D eigenvalue weighted by atomic mass is 35.5. The summed E-state index contributed by atoms with van der Waals surface area (Å²) in [6.07, 6.45) is 0. The molecular weight excluding hydrogens is 392 g/mol. The Hall–Kier alpha value is -2.22. The van der Waals surface area contributed by atoms with E-state index in [0.29, 0.717) is 21.3 Å². The average molecular weight is 407 g/mol. The summed E-state index contributed by atoms with van der Waals surface area (Å²) in [6.45, 7) is 3.17. The number of amides is 1. The zero-order valence-corrected chi connectivity index (χ0v) is 16.4. The van der Waals surface area contributed by atoms with Crippen LogP contribution in [0.4, 0.5) is 5.69 Å². The van der Waals surface area contributed by atoms with Crippen LogP contribution in [0.5, 0.6) is 0 Å². The van der Waals surface area contributed by atoms with Crippen molar-refractivity contribution in [2.45, 2.75) is 13.8 Å². The van der Waals surface area contributed by atoms with E-state index in [4.69, 9.17) is 16.3 Å². The van der Waals surface area contributed by atoms with Gasteiger partial charge in [-0.15, -0.1) is 22.7 Å². The lowest BCUT2D eigenvalue weighted by atomic mass is 10.2. The summed E-state index contributed by atoms with van der Waals surface area (Å²) in [5.74, 6) is -0.981. The molecule has 134 valence electrons. The van der Waals surface area contributed by atoms with Crippen LogP contribution in [0.1, 0.15) is 20.9 Å². The van der Waals surface area contributed by atoms with E-state index in [1.54, 1.807) is 43.4 Å². The third kappa shape index (κ3) is 4.12. The predicted octanol–water partition coefficient (Wildman–Crippen LogP) is 4.94. The van der Waals surface area contributed by atoms with Gasteiger partial charge in [0, 0.05) is 10.7 Å². The topological polar surface area (TPSA) is 68.3 Å². The van der Waals surface area contributed by atoms with Crippen LogP contribution in [0.3, 0.4) is 0 Å². The minimum atomic E-state index is -0.555. The number of thiazole rings is 1. The Labute approximate surface area is 163 Å². The summed E-state index contributed by atoms with van der Waals surface area (Å²) in [6, 6.07) is 9.09. The standard InChI is InChI=1S/C18H15ClN2O3S2/c1-10-12(19)5-3-6-13(10)21-15(22)9-24-18(23)16-11(2)20-17(26-16)14-7-4-8-25-14/h3-8H,9H2,1-2H3,(H,21,22). The average Bonchev–Trinajstić information content (AvgIpc) is 3.26. The van der Waals surface area contributed by atoms with Crippen LogP contribution in [0.15, 0.2) is 35.7 Å². The number of nitrogens with zero attached hydrogens (tertiary/aromatic N) is 1. The Morgan fingerprint density at radius 1 is 1.23 bits per heavy atom. The zero-order chi connectivity index (χ0) is 18.7. The number of halogens is 1. The second-order valence-electron chi connectivity index (χ2n) is 5.45. The van der Waals surface area contributed by atoms with Crippen LogP contribution >= 0.6 is 34.3 Å². The number of rotatable bonds is 5. The largest absolute Gasteiger partial charge is 0.451 e. The highest BCUT2D eigenvalue weighted by Crippen LogP contribution is 2.31. The fraction of sp³-hybridized carbons (Fsp3) is 0.167. The number of anilines is 1. The van der Waals surface area contributed by atoms with Gasteiger partial charge in [0.25, 0.3) is 5.91 Å². The maximum absolute atomic E-state index is 12.3. The van der Waals surface area contributed by atoms with Gasteiger partial charge in [0.15, 0.2) is 6.61 Å². The van der Waals surface area contributed by atoms with Crippen molar-refractivity contribution in [3.8, 4) is 9.88 Å². The minimum Gasteiger partial charge on any atom is -0.451 e. The van der Waals surface area contributed by atoms with E-state index in [2.05, 4.69) is 10.3 Å². The lowest BCUT2D eigenvalue weighted by Gasteiger charge is -2.09.